The van der Waals surface area contributed by atoms with E-state index in [4.69, 9.17) is 19.9 Å². The lowest BCUT2D eigenvalue weighted by molar-refractivity contribution is -0.170. The summed E-state index contributed by atoms with van der Waals surface area (Å²) < 4.78 is 16.8. The maximum absolute atomic E-state index is 13.0. The molecule has 0 unspecified atom stereocenters. The van der Waals surface area contributed by atoms with E-state index in [9.17, 15) is 9.59 Å². The molecule has 1 heterocycles. The van der Waals surface area contributed by atoms with Crippen LogP contribution in [0.3, 0.4) is 0 Å². The first-order valence-corrected chi connectivity index (χ1v) is 10.2. The molecule has 162 valence electrons. The first-order chi connectivity index (χ1) is 13.4. The van der Waals surface area contributed by atoms with Crippen LogP contribution in [0.1, 0.15) is 65.9 Å². The van der Waals surface area contributed by atoms with Gasteiger partial charge in [-0.3, -0.25) is 4.79 Å². The number of esters is 2. The molecule has 0 spiro atoms. The molecule has 2 rings (SSSR count). The lowest BCUT2D eigenvalue weighted by atomic mass is 9.73. The summed E-state index contributed by atoms with van der Waals surface area (Å²) in [6.45, 7) is 10.6. The first-order valence-electron chi connectivity index (χ1n) is 10.2. The summed E-state index contributed by atoms with van der Waals surface area (Å²) in [6, 6.07) is 9.98. The third kappa shape index (κ3) is 7.12. The molecule has 2 atom stereocenters. The zero-order valence-electron chi connectivity index (χ0n) is 18.3. The molecule has 1 saturated heterocycles. The molecule has 29 heavy (non-hydrogen) atoms. The molecule has 1 aliphatic rings. The van der Waals surface area contributed by atoms with Gasteiger partial charge in [0.2, 0.25) is 0 Å². The normalized spacial score (nSPS) is 19.5. The smallest absolute Gasteiger partial charge is 0.330 e. The van der Waals surface area contributed by atoms with E-state index in [1.165, 1.54) is 0 Å². The zero-order chi connectivity index (χ0) is 21.7. The second kappa shape index (κ2) is 9.26. The average molecular weight is 406 g/mol. The Labute approximate surface area is 174 Å². The van der Waals surface area contributed by atoms with Crippen LogP contribution in [0, 0.1) is 5.41 Å². The van der Waals surface area contributed by atoms with Gasteiger partial charge in [0.25, 0.3) is 0 Å². The largest absolute Gasteiger partial charge is 0.460 e. The fourth-order valence-electron chi connectivity index (χ4n) is 3.57. The van der Waals surface area contributed by atoms with Crippen molar-refractivity contribution in [3.8, 4) is 0 Å². The number of hydrogen-bond acceptors (Lipinski definition) is 6. The van der Waals surface area contributed by atoms with Gasteiger partial charge in [-0.2, -0.15) is 0 Å². The van der Waals surface area contributed by atoms with Gasteiger partial charge in [-0.1, -0.05) is 44.2 Å². The van der Waals surface area contributed by atoms with Crippen molar-refractivity contribution in [3.63, 3.8) is 0 Å². The molecule has 0 aromatic heterocycles. The summed E-state index contributed by atoms with van der Waals surface area (Å²) in [6.07, 6.45) is 1.07. The fraction of sp³-hybridized carbons (Fsp3) is 0.652. The van der Waals surface area contributed by atoms with E-state index >= 15 is 0 Å². The second-order valence-electron chi connectivity index (χ2n) is 9.69. The highest BCUT2D eigenvalue weighted by Crippen LogP contribution is 2.37. The highest BCUT2D eigenvalue weighted by Gasteiger charge is 2.51. The van der Waals surface area contributed by atoms with Gasteiger partial charge in [0, 0.05) is 13.0 Å². The summed E-state index contributed by atoms with van der Waals surface area (Å²) in [5.41, 5.74) is 5.35. The molecule has 0 radical (unpaired) electrons. The summed E-state index contributed by atoms with van der Waals surface area (Å²) >= 11 is 0. The van der Waals surface area contributed by atoms with Crippen molar-refractivity contribution in [1.82, 2.24) is 0 Å². The van der Waals surface area contributed by atoms with Crippen LogP contribution >= 0.6 is 0 Å². The van der Waals surface area contributed by atoms with Gasteiger partial charge < -0.3 is 19.9 Å². The first kappa shape index (κ1) is 23.4. The second-order valence-corrected chi connectivity index (χ2v) is 9.69. The van der Waals surface area contributed by atoms with Crippen molar-refractivity contribution in [2.45, 2.75) is 84.2 Å². The molecule has 1 fully saturated rings. The third-order valence-electron chi connectivity index (χ3n) is 5.04. The van der Waals surface area contributed by atoms with Crippen LogP contribution in [0.15, 0.2) is 30.3 Å². The maximum atomic E-state index is 13.0. The average Bonchev–Trinajstić information content (AvgIpc) is 3.05. The van der Waals surface area contributed by atoms with E-state index in [-0.39, 0.29) is 17.8 Å². The van der Waals surface area contributed by atoms with Gasteiger partial charge in [-0.05, 0) is 51.0 Å². The van der Waals surface area contributed by atoms with Crippen molar-refractivity contribution < 1.29 is 23.8 Å². The van der Waals surface area contributed by atoms with Crippen LogP contribution in [0.25, 0.3) is 0 Å². The quantitative estimate of drug-likeness (QED) is 0.497. The van der Waals surface area contributed by atoms with Gasteiger partial charge >= 0.3 is 11.9 Å². The van der Waals surface area contributed by atoms with Crippen LogP contribution in [0.4, 0.5) is 0 Å². The maximum Gasteiger partial charge on any atom is 0.330 e. The van der Waals surface area contributed by atoms with Gasteiger partial charge in [0.05, 0.1) is 6.61 Å². The van der Waals surface area contributed by atoms with E-state index in [0.29, 0.717) is 32.5 Å². The van der Waals surface area contributed by atoms with E-state index in [0.717, 1.165) is 5.56 Å². The number of nitrogens with two attached hydrogens (primary N) is 1. The Morgan fingerprint density at radius 2 is 1.83 bits per heavy atom. The van der Waals surface area contributed by atoms with E-state index in [1.54, 1.807) is 20.8 Å². The third-order valence-corrected chi connectivity index (χ3v) is 5.04. The monoisotopic (exact) mass is 405 g/mol. The summed E-state index contributed by atoms with van der Waals surface area (Å²) in [7, 11) is 0. The van der Waals surface area contributed by atoms with Crippen LogP contribution < -0.4 is 5.73 Å². The van der Waals surface area contributed by atoms with Crippen molar-refractivity contribution in [1.29, 1.82) is 0 Å². The number of carbonyl (C=O) groups is 2. The predicted octanol–water partition coefficient (Wildman–Crippen LogP) is 3.75. The molecule has 1 aliphatic heterocycles. The van der Waals surface area contributed by atoms with Crippen LogP contribution in [-0.2, 0) is 30.4 Å². The van der Waals surface area contributed by atoms with Crippen LogP contribution in [0.2, 0.25) is 0 Å². The highest BCUT2D eigenvalue weighted by molar-refractivity contribution is 5.83. The van der Waals surface area contributed by atoms with Crippen LogP contribution in [-0.4, -0.2) is 35.8 Å². The lowest BCUT2D eigenvalue weighted by Gasteiger charge is -2.39. The van der Waals surface area contributed by atoms with Crippen molar-refractivity contribution in [2.75, 3.05) is 6.61 Å². The number of rotatable bonds is 9. The molecule has 6 nitrogen and oxygen atoms in total. The summed E-state index contributed by atoms with van der Waals surface area (Å²) in [5.74, 6) is -0.847. The summed E-state index contributed by atoms with van der Waals surface area (Å²) in [5, 5.41) is 0. The number of cyclic esters (lactones) is 1. The van der Waals surface area contributed by atoms with Crippen molar-refractivity contribution >= 4 is 11.9 Å². The number of hydrogen-bond donors (Lipinski definition) is 1. The Hall–Kier alpha value is -1.92. The predicted molar refractivity (Wildman–Crippen MR) is 111 cm³/mol. The lowest BCUT2D eigenvalue weighted by Crippen LogP contribution is -2.61. The van der Waals surface area contributed by atoms with E-state index in [2.05, 4.69) is 0 Å². The van der Waals surface area contributed by atoms with E-state index < -0.39 is 23.2 Å². The Morgan fingerprint density at radius 1 is 1.17 bits per heavy atom. The minimum atomic E-state index is -1.39. The molecular weight excluding hydrogens is 370 g/mol. The minimum absolute atomic E-state index is 0.271. The molecule has 1 aromatic rings. The standard InChI is InChI=1S/C23H35NO5/c1-21(2,3)29-20(26)23(24,18-11-12-19(25)28-18)16-22(4,5)13-14-27-15-17-9-7-6-8-10-17/h6-10,18H,11-16,24H2,1-5H3/t18-,23-/m0/s1. The van der Waals surface area contributed by atoms with Gasteiger partial charge in [-0.15, -0.1) is 0 Å². The van der Waals surface area contributed by atoms with Crippen molar-refractivity contribution in [3.05, 3.63) is 35.9 Å². The molecule has 0 bridgehead atoms. The molecule has 2 N–H and O–H groups in total. The van der Waals surface area contributed by atoms with Gasteiger partial charge in [0.1, 0.15) is 11.7 Å². The molecule has 0 amide bonds. The topological polar surface area (TPSA) is 87.9 Å². The SMILES string of the molecule is CC(C)(CCOCc1ccccc1)C[C@@](N)(C(=O)OC(C)(C)C)[C@@H]1CCC(=O)O1. The Kier molecular flexibility index (Phi) is 7.46. The molecule has 0 aliphatic carbocycles. The summed E-state index contributed by atoms with van der Waals surface area (Å²) in [4.78, 5) is 24.7. The molecule has 6 heteroatoms. The molecule has 1 aromatic carbocycles. The highest BCUT2D eigenvalue weighted by atomic mass is 16.6. The minimum Gasteiger partial charge on any atom is -0.460 e. The van der Waals surface area contributed by atoms with Gasteiger partial charge in [-0.25, -0.2) is 4.79 Å². The zero-order valence-corrected chi connectivity index (χ0v) is 18.3. The Bertz CT molecular complexity index is 695. The Morgan fingerprint density at radius 3 is 2.38 bits per heavy atom. The van der Waals surface area contributed by atoms with Crippen LogP contribution in [0.5, 0.6) is 0 Å². The van der Waals surface area contributed by atoms with E-state index in [1.807, 2.05) is 44.2 Å². The number of ether oxygens (including phenoxy) is 3. The van der Waals surface area contributed by atoms with Crippen molar-refractivity contribution in [2.24, 2.45) is 11.1 Å². The number of carbonyl (C=O) groups excluding carboxylic acids is 2. The fourth-order valence-corrected chi connectivity index (χ4v) is 3.57. The molecule has 0 saturated carbocycles. The van der Waals surface area contributed by atoms with Gasteiger partial charge in [0.15, 0.2) is 5.54 Å². The Balaban J connectivity index is 2.01. The number of benzene rings is 1. The molecular formula is C23H35NO5.